The molecular weight excluding hydrogens is 478 g/mol. The van der Waals surface area contributed by atoms with Gasteiger partial charge in [0.2, 0.25) is 5.95 Å². The normalized spacial score (nSPS) is 17.7. The van der Waals surface area contributed by atoms with Crippen molar-refractivity contribution in [2.75, 3.05) is 24.5 Å². The Bertz CT molecular complexity index is 1290. The van der Waals surface area contributed by atoms with Crippen LogP contribution in [-0.4, -0.2) is 50.9 Å². The van der Waals surface area contributed by atoms with E-state index in [4.69, 9.17) is 4.52 Å². The number of aromatic nitrogens is 4. The molecule has 2 saturated heterocycles. The van der Waals surface area contributed by atoms with Crippen LogP contribution in [0.2, 0.25) is 0 Å². The average molecular weight is 506 g/mol. The van der Waals surface area contributed by atoms with Crippen LogP contribution < -0.4 is 15.5 Å². The Kier molecular flexibility index (Phi) is 7.10. The Morgan fingerprint density at radius 3 is 2.75 bits per heavy atom. The van der Waals surface area contributed by atoms with E-state index < -0.39 is 0 Å². The molecule has 36 heavy (non-hydrogen) atoms. The largest absolute Gasteiger partial charge is 0.361 e. The van der Waals surface area contributed by atoms with Crippen molar-refractivity contribution in [3.8, 4) is 11.3 Å². The second-order valence-corrected chi connectivity index (χ2v) is 9.92. The van der Waals surface area contributed by atoms with Gasteiger partial charge in [0, 0.05) is 32.0 Å². The highest BCUT2D eigenvalue weighted by atomic mass is 32.2. The van der Waals surface area contributed by atoms with Crippen molar-refractivity contribution in [3.63, 3.8) is 0 Å². The molecule has 2 aliphatic rings. The number of anilines is 1. The van der Waals surface area contributed by atoms with E-state index in [2.05, 4.69) is 41.7 Å². The lowest BCUT2D eigenvalue weighted by atomic mass is 9.96. The SMILES string of the molecule is Cc1noc(C)c1-c1ncccc1CNCC1CCN(c2nccc(/C=C3\SC(=O)NC3=O)n2)CC1. The first kappa shape index (κ1) is 24.1. The first-order valence-electron chi connectivity index (χ1n) is 11.9. The van der Waals surface area contributed by atoms with Crippen molar-refractivity contribution in [1.29, 1.82) is 0 Å². The molecule has 2 fully saturated rings. The van der Waals surface area contributed by atoms with E-state index in [-0.39, 0.29) is 11.1 Å². The molecule has 0 unspecified atom stereocenters. The fourth-order valence-electron chi connectivity index (χ4n) is 4.53. The second-order valence-electron chi connectivity index (χ2n) is 8.91. The van der Waals surface area contributed by atoms with E-state index in [1.807, 2.05) is 19.9 Å². The van der Waals surface area contributed by atoms with Gasteiger partial charge in [0.25, 0.3) is 11.1 Å². The summed E-state index contributed by atoms with van der Waals surface area (Å²) in [5, 5.41) is 9.58. The Morgan fingerprint density at radius 1 is 1.19 bits per heavy atom. The molecule has 3 aromatic heterocycles. The van der Waals surface area contributed by atoms with Crippen LogP contribution in [0, 0.1) is 19.8 Å². The molecule has 0 spiro atoms. The third kappa shape index (κ3) is 5.31. The van der Waals surface area contributed by atoms with Crippen molar-refractivity contribution in [1.82, 2.24) is 30.7 Å². The zero-order valence-electron chi connectivity index (χ0n) is 20.2. The maximum absolute atomic E-state index is 11.8. The minimum absolute atomic E-state index is 0.348. The minimum atomic E-state index is -0.386. The maximum atomic E-state index is 11.8. The highest BCUT2D eigenvalue weighted by molar-refractivity contribution is 8.18. The molecule has 0 bridgehead atoms. The minimum Gasteiger partial charge on any atom is -0.361 e. The van der Waals surface area contributed by atoms with Crippen LogP contribution in [0.5, 0.6) is 0 Å². The van der Waals surface area contributed by atoms with Crippen LogP contribution in [0.15, 0.2) is 40.0 Å². The summed E-state index contributed by atoms with van der Waals surface area (Å²) in [4.78, 5) is 39.3. The van der Waals surface area contributed by atoms with E-state index in [1.54, 1.807) is 24.5 Å². The number of rotatable bonds is 7. The van der Waals surface area contributed by atoms with Gasteiger partial charge < -0.3 is 14.7 Å². The summed E-state index contributed by atoms with van der Waals surface area (Å²) < 4.78 is 5.34. The summed E-state index contributed by atoms with van der Waals surface area (Å²) in [6.45, 7) is 7.21. The lowest BCUT2D eigenvalue weighted by molar-refractivity contribution is -0.115. The summed E-state index contributed by atoms with van der Waals surface area (Å²) >= 11 is 0.886. The van der Waals surface area contributed by atoms with Crippen molar-refractivity contribution in [2.24, 2.45) is 5.92 Å². The molecule has 0 atom stereocenters. The van der Waals surface area contributed by atoms with Gasteiger partial charge in [0.1, 0.15) is 5.76 Å². The number of carbonyl (C=O) groups is 2. The molecule has 2 N–H and O–H groups in total. The zero-order chi connectivity index (χ0) is 25.1. The third-order valence-corrected chi connectivity index (χ3v) is 7.20. The first-order valence-corrected chi connectivity index (χ1v) is 12.7. The number of aryl methyl sites for hydroxylation is 2. The number of nitrogens with zero attached hydrogens (tertiary/aromatic N) is 5. The highest BCUT2D eigenvalue weighted by Crippen LogP contribution is 2.28. The summed E-state index contributed by atoms with van der Waals surface area (Å²) in [5.41, 5.74) is 4.47. The number of piperidine rings is 1. The Balaban J connectivity index is 1.15. The summed E-state index contributed by atoms with van der Waals surface area (Å²) in [6, 6.07) is 5.78. The van der Waals surface area contributed by atoms with Gasteiger partial charge in [-0.25, -0.2) is 9.97 Å². The van der Waals surface area contributed by atoms with Crippen molar-refractivity contribution < 1.29 is 14.1 Å². The lowest BCUT2D eigenvalue weighted by Crippen LogP contribution is -2.38. The molecule has 2 aliphatic heterocycles. The van der Waals surface area contributed by atoms with Gasteiger partial charge in [0.05, 0.1) is 27.6 Å². The number of pyridine rings is 1. The van der Waals surface area contributed by atoms with Gasteiger partial charge in [-0.3, -0.25) is 19.9 Å². The van der Waals surface area contributed by atoms with Gasteiger partial charge >= 0.3 is 0 Å². The molecule has 5 rings (SSSR count). The van der Waals surface area contributed by atoms with Gasteiger partial charge in [0.15, 0.2) is 0 Å². The monoisotopic (exact) mass is 505 g/mol. The van der Waals surface area contributed by atoms with Crippen molar-refractivity contribution in [2.45, 2.75) is 33.2 Å². The van der Waals surface area contributed by atoms with E-state index in [0.717, 1.165) is 79.1 Å². The number of thioether (sulfide) groups is 1. The quantitative estimate of drug-likeness (QED) is 0.461. The number of hydrogen-bond acceptors (Lipinski definition) is 10. The predicted molar refractivity (Wildman–Crippen MR) is 137 cm³/mol. The standard InChI is InChI=1S/C25H27N7O3S/c1-15-21(16(2)35-31-15)22-18(4-3-8-27-22)14-26-13-17-6-10-32(11-7-17)24-28-9-5-19(29-24)12-20-23(33)30-25(34)36-20/h3-5,8-9,12,17,26H,6-7,10-11,13-14H2,1-2H3,(H,30,33,34)/b20-12-. The number of imide groups is 1. The highest BCUT2D eigenvalue weighted by Gasteiger charge is 2.26. The van der Waals surface area contributed by atoms with Gasteiger partial charge in [-0.1, -0.05) is 11.2 Å². The number of amides is 2. The van der Waals surface area contributed by atoms with Crippen molar-refractivity contribution in [3.05, 3.63) is 58.2 Å². The van der Waals surface area contributed by atoms with Crippen molar-refractivity contribution >= 4 is 34.9 Å². The second kappa shape index (κ2) is 10.6. The first-order chi connectivity index (χ1) is 17.5. The van der Waals surface area contributed by atoms with Crippen LogP contribution in [0.1, 0.15) is 35.6 Å². The predicted octanol–water partition coefficient (Wildman–Crippen LogP) is 3.47. The molecular formula is C25H27N7O3S. The molecule has 10 nitrogen and oxygen atoms in total. The summed E-state index contributed by atoms with van der Waals surface area (Å²) in [7, 11) is 0. The molecule has 186 valence electrons. The van der Waals surface area contributed by atoms with Crippen LogP contribution in [0.4, 0.5) is 10.7 Å². The Labute approximate surface area is 213 Å². The molecule has 3 aromatic rings. The number of carbonyl (C=O) groups excluding carboxylic acids is 2. The smallest absolute Gasteiger partial charge is 0.290 e. The third-order valence-electron chi connectivity index (χ3n) is 6.39. The maximum Gasteiger partial charge on any atom is 0.290 e. The summed E-state index contributed by atoms with van der Waals surface area (Å²) in [5.74, 6) is 1.59. The molecule has 5 heterocycles. The zero-order valence-corrected chi connectivity index (χ0v) is 21.0. The number of nitrogens with one attached hydrogen (secondary N) is 2. The van der Waals surface area contributed by atoms with E-state index in [9.17, 15) is 9.59 Å². The van der Waals surface area contributed by atoms with Gasteiger partial charge in [-0.2, -0.15) is 0 Å². The van der Waals surface area contributed by atoms with Crippen LogP contribution in [0.3, 0.4) is 0 Å². The topological polar surface area (TPSA) is 126 Å². The van der Waals surface area contributed by atoms with Crippen LogP contribution >= 0.6 is 11.8 Å². The van der Waals surface area contributed by atoms with Gasteiger partial charge in [-0.15, -0.1) is 0 Å². The number of hydrogen-bond donors (Lipinski definition) is 2. The Morgan fingerprint density at radius 2 is 2.03 bits per heavy atom. The summed E-state index contributed by atoms with van der Waals surface area (Å²) in [6.07, 6.45) is 7.17. The van der Waals surface area contributed by atoms with Crippen LogP contribution in [-0.2, 0) is 11.3 Å². The fraction of sp³-hybridized carbons (Fsp3) is 0.360. The molecule has 0 aromatic carbocycles. The molecule has 11 heteroatoms. The Hall–Kier alpha value is -3.57. The fourth-order valence-corrected chi connectivity index (χ4v) is 5.19. The van der Waals surface area contributed by atoms with E-state index >= 15 is 0 Å². The van der Waals surface area contributed by atoms with E-state index in [1.165, 1.54) is 0 Å². The molecule has 2 amide bonds. The van der Waals surface area contributed by atoms with Gasteiger partial charge in [-0.05, 0) is 74.7 Å². The molecule has 0 radical (unpaired) electrons. The lowest BCUT2D eigenvalue weighted by Gasteiger charge is -2.32. The molecule has 0 saturated carbocycles. The average Bonchev–Trinajstić information content (AvgIpc) is 3.38. The van der Waals surface area contributed by atoms with E-state index in [0.29, 0.717) is 22.5 Å². The van der Waals surface area contributed by atoms with Crippen LogP contribution in [0.25, 0.3) is 17.3 Å². The molecule has 0 aliphatic carbocycles.